The second-order valence-electron chi connectivity index (χ2n) is 16.9. The van der Waals surface area contributed by atoms with Crippen molar-refractivity contribution in [1.82, 2.24) is 4.57 Å². The first-order valence-corrected chi connectivity index (χ1v) is 21.4. The first-order chi connectivity index (χ1) is 29.1. The van der Waals surface area contributed by atoms with Gasteiger partial charge in [-0.05, 0) is 120 Å². The molecule has 3 aliphatic carbocycles. The number of fused-ring (bicyclic) bond motifs is 7. The Bertz CT molecular complexity index is 2800. The molecule has 1 aromatic heterocycles. The molecular weight excluding hydrogens is 717 g/mol. The van der Waals surface area contributed by atoms with Crippen molar-refractivity contribution < 1.29 is 4.74 Å². The predicted molar refractivity (Wildman–Crippen MR) is 245 cm³/mol. The Hall–Kier alpha value is -6.58. The molecule has 288 valence electrons. The Labute approximate surface area is 347 Å². The first kappa shape index (κ1) is 35.6. The molecule has 0 amide bonds. The number of ether oxygens (including phenoxy) is 1. The third kappa shape index (κ3) is 6.11. The number of benzene rings is 6. The van der Waals surface area contributed by atoms with Gasteiger partial charge in [-0.2, -0.15) is 0 Å². The fraction of sp³-hybridized carbons (Fsp3) is 0.179. The zero-order valence-electron chi connectivity index (χ0n) is 33.7. The summed E-state index contributed by atoms with van der Waals surface area (Å²) >= 11 is 0. The van der Waals surface area contributed by atoms with E-state index in [9.17, 15) is 0 Å². The Kier molecular flexibility index (Phi) is 8.84. The van der Waals surface area contributed by atoms with Crippen molar-refractivity contribution in [3.8, 4) is 22.6 Å². The molecule has 3 nitrogen and oxygen atoms in total. The largest absolute Gasteiger partial charge is 0.483 e. The number of hydrogen-bond acceptors (Lipinski definition) is 2. The van der Waals surface area contributed by atoms with Crippen molar-refractivity contribution >= 4 is 33.5 Å². The molecule has 0 spiro atoms. The van der Waals surface area contributed by atoms with Crippen LogP contribution in [0.1, 0.15) is 62.0 Å². The highest BCUT2D eigenvalue weighted by Crippen LogP contribution is 2.57. The number of para-hydroxylation sites is 3. The molecule has 6 aromatic carbocycles. The van der Waals surface area contributed by atoms with Gasteiger partial charge in [0.15, 0.2) is 0 Å². The second kappa shape index (κ2) is 14.7. The van der Waals surface area contributed by atoms with Crippen LogP contribution in [0.5, 0.6) is 5.75 Å². The summed E-state index contributed by atoms with van der Waals surface area (Å²) in [6, 6.07) is 56.9. The highest BCUT2D eigenvalue weighted by Gasteiger charge is 2.44. The van der Waals surface area contributed by atoms with Gasteiger partial charge >= 0.3 is 0 Å². The van der Waals surface area contributed by atoms with E-state index in [1.807, 2.05) is 0 Å². The molecule has 0 radical (unpaired) electrons. The maximum atomic E-state index is 7.01. The van der Waals surface area contributed by atoms with Crippen LogP contribution in [-0.4, -0.2) is 4.57 Å². The molecule has 5 unspecified atom stereocenters. The third-order valence-electron chi connectivity index (χ3n) is 13.4. The van der Waals surface area contributed by atoms with Crippen LogP contribution in [0.2, 0.25) is 0 Å². The van der Waals surface area contributed by atoms with E-state index >= 15 is 0 Å². The molecule has 0 N–H and O–H groups in total. The molecular formula is C56H48N2O. The quantitative estimate of drug-likeness (QED) is 0.150. The molecule has 5 atom stereocenters. The first-order valence-electron chi connectivity index (χ1n) is 21.4. The van der Waals surface area contributed by atoms with Crippen molar-refractivity contribution in [2.75, 3.05) is 4.90 Å². The van der Waals surface area contributed by atoms with Gasteiger partial charge in [0.1, 0.15) is 11.9 Å². The van der Waals surface area contributed by atoms with E-state index in [0.29, 0.717) is 17.8 Å². The van der Waals surface area contributed by atoms with Crippen molar-refractivity contribution in [2.24, 2.45) is 17.8 Å². The van der Waals surface area contributed by atoms with E-state index < -0.39 is 0 Å². The summed E-state index contributed by atoms with van der Waals surface area (Å²) in [5, 5.41) is 1.27. The Morgan fingerprint density at radius 1 is 0.610 bits per heavy atom. The van der Waals surface area contributed by atoms with Gasteiger partial charge in [0, 0.05) is 45.2 Å². The van der Waals surface area contributed by atoms with E-state index in [1.54, 1.807) is 5.57 Å². The van der Waals surface area contributed by atoms with Gasteiger partial charge in [-0.25, -0.2) is 0 Å². The molecule has 3 heteroatoms. The van der Waals surface area contributed by atoms with Crippen LogP contribution in [0.4, 0.5) is 17.1 Å². The molecule has 0 fully saturated rings. The average molecular weight is 765 g/mol. The van der Waals surface area contributed by atoms with Gasteiger partial charge < -0.3 is 14.2 Å². The van der Waals surface area contributed by atoms with E-state index in [1.165, 1.54) is 56.4 Å². The highest BCUT2D eigenvalue weighted by atomic mass is 16.5. The van der Waals surface area contributed by atoms with Gasteiger partial charge in [-0.15, -0.1) is 0 Å². The van der Waals surface area contributed by atoms with Crippen molar-refractivity contribution in [3.63, 3.8) is 0 Å². The van der Waals surface area contributed by atoms with Gasteiger partial charge in [-0.3, -0.25) is 0 Å². The van der Waals surface area contributed by atoms with E-state index in [4.69, 9.17) is 4.74 Å². The monoisotopic (exact) mass is 764 g/mol. The van der Waals surface area contributed by atoms with Crippen LogP contribution in [0.3, 0.4) is 0 Å². The molecule has 1 aliphatic heterocycles. The standard InChI is InChI=1S/C56H48N2O/c1-37-15-9-10-20-46(37)41-27-34-47(38(2)35-41)50-36-51-48-21-12-14-24-53(48)59-56(51)55-54(50)49-22-11-13-23-52(49)58(55)45-32-30-44(31-33-45)57(42-18-7-4-8-19-42)43-28-25-40(26-29-43)39-16-5-3-6-17-39/h3-14,16-19,21-34,36-38,46,51,56H,15,20,35H2,1-2H3. The SMILES string of the molecule is CC1CC(C2CC=CCC2C)=CC=C1C1=CC2c3ccccc3OC2c2c1c1ccccc1n2-c1ccc(N(c2ccccc2)c2ccc(-c3ccccc3)cc2)cc1. The van der Waals surface area contributed by atoms with Gasteiger partial charge in [-0.1, -0.05) is 147 Å². The summed E-state index contributed by atoms with van der Waals surface area (Å²) in [5.74, 6) is 2.83. The molecule has 11 rings (SSSR count). The summed E-state index contributed by atoms with van der Waals surface area (Å²) < 4.78 is 9.51. The minimum atomic E-state index is -0.136. The van der Waals surface area contributed by atoms with Gasteiger partial charge in [0.25, 0.3) is 0 Å². The Balaban J connectivity index is 1.04. The number of nitrogens with zero attached hydrogens (tertiary/aromatic N) is 2. The summed E-state index contributed by atoms with van der Waals surface area (Å²) in [6.07, 6.45) is 15.6. The van der Waals surface area contributed by atoms with Crippen molar-refractivity contribution in [3.05, 3.63) is 216 Å². The average Bonchev–Trinajstić information content (AvgIpc) is 3.84. The minimum Gasteiger partial charge on any atom is -0.483 e. The van der Waals surface area contributed by atoms with E-state index in [-0.39, 0.29) is 12.0 Å². The third-order valence-corrected chi connectivity index (χ3v) is 13.4. The lowest BCUT2D eigenvalue weighted by Gasteiger charge is -2.34. The summed E-state index contributed by atoms with van der Waals surface area (Å²) in [6.45, 7) is 4.87. The fourth-order valence-electron chi connectivity index (χ4n) is 10.4. The molecule has 4 aliphatic rings. The highest BCUT2D eigenvalue weighted by molar-refractivity contribution is 6.01. The van der Waals surface area contributed by atoms with Crippen LogP contribution in [-0.2, 0) is 0 Å². The maximum absolute atomic E-state index is 7.01. The van der Waals surface area contributed by atoms with Gasteiger partial charge in [0.2, 0.25) is 0 Å². The Morgan fingerprint density at radius 2 is 1.25 bits per heavy atom. The van der Waals surface area contributed by atoms with Crippen LogP contribution < -0.4 is 9.64 Å². The number of rotatable bonds is 7. The lowest BCUT2D eigenvalue weighted by molar-refractivity contribution is 0.216. The van der Waals surface area contributed by atoms with Crippen LogP contribution in [0.15, 0.2) is 199 Å². The molecule has 59 heavy (non-hydrogen) atoms. The number of aromatic nitrogens is 1. The predicted octanol–water partition coefficient (Wildman–Crippen LogP) is 14.9. The normalized spacial score (nSPS) is 21.7. The molecule has 0 saturated heterocycles. The number of anilines is 3. The topological polar surface area (TPSA) is 17.4 Å². The van der Waals surface area contributed by atoms with Crippen molar-refractivity contribution in [1.29, 1.82) is 0 Å². The lowest BCUT2D eigenvalue weighted by Crippen LogP contribution is -2.22. The van der Waals surface area contributed by atoms with Crippen molar-refractivity contribution in [2.45, 2.75) is 45.1 Å². The van der Waals surface area contributed by atoms with Crippen LogP contribution >= 0.6 is 0 Å². The van der Waals surface area contributed by atoms with Gasteiger partial charge in [0.05, 0.1) is 11.2 Å². The summed E-state index contributed by atoms with van der Waals surface area (Å²) in [5.41, 5.74) is 16.3. The van der Waals surface area contributed by atoms with Crippen LogP contribution in [0.25, 0.3) is 33.3 Å². The molecule has 0 bridgehead atoms. The van der Waals surface area contributed by atoms with E-state index in [2.05, 4.69) is 211 Å². The zero-order chi connectivity index (χ0) is 39.5. The Morgan fingerprint density at radius 3 is 2.02 bits per heavy atom. The van der Waals surface area contributed by atoms with E-state index in [0.717, 1.165) is 41.3 Å². The zero-order valence-corrected chi connectivity index (χ0v) is 33.7. The van der Waals surface area contributed by atoms with Crippen LogP contribution in [0, 0.1) is 17.8 Å². The number of allylic oxidation sites excluding steroid dienone is 7. The molecule has 0 saturated carbocycles. The molecule has 2 heterocycles. The summed E-state index contributed by atoms with van der Waals surface area (Å²) in [4.78, 5) is 2.35. The number of hydrogen-bond donors (Lipinski definition) is 0. The fourth-order valence-corrected chi connectivity index (χ4v) is 10.4. The maximum Gasteiger partial charge on any atom is 0.150 e. The lowest BCUT2D eigenvalue weighted by atomic mass is 9.71. The summed E-state index contributed by atoms with van der Waals surface area (Å²) in [7, 11) is 0. The second-order valence-corrected chi connectivity index (χ2v) is 16.9. The smallest absolute Gasteiger partial charge is 0.150 e. The molecule has 7 aromatic rings. The minimum absolute atomic E-state index is 0.116.